The molecule has 110 valence electrons. The van der Waals surface area contributed by atoms with E-state index in [-0.39, 0.29) is 17.1 Å². The number of anilines is 1. The molecule has 9 heteroatoms. The molecule has 0 aliphatic rings. The van der Waals surface area contributed by atoms with E-state index in [1.807, 2.05) is 0 Å². The first-order valence-corrected chi connectivity index (χ1v) is 6.89. The number of benzene rings is 1. The Morgan fingerprint density at radius 2 is 2.14 bits per heavy atom. The molecule has 0 aliphatic heterocycles. The average Bonchev–Trinajstić information content (AvgIpc) is 2.90. The number of nitrogens with zero attached hydrogens (tertiary/aromatic N) is 4. The molecule has 2 heterocycles. The largest absolute Gasteiger partial charge is 0.315 e. The van der Waals surface area contributed by atoms with Crippen molar-refractivity contribution in [1.29, 1.82) is 0 Å². The number of hydrogen-bond donors (Lipinski definition) is 1. The molecule has 0 atom stereocenters. The quantitative estimate of drug-likeness (QED) is 0.570. The van der Waals surface area contributed by atoms with Gasteiger partial charge in [0.2, 0.25) is 0 Å². The maximum atomic E-state index is 12.2. The molecular weight excluding hydrogens is 354 g/mol. The first-order chi connectivity index (χ1) is 10.5. The number of amides is 1. The van der Waals surface area contributed by atoms with Gasteiger partial charge in [0.25, 0.3) is 11.6 Å². The number of carbonyl (C=O) groups is 1. The average molecular weight is 362 g/mol. The first kappa shape index (κ1) is 14.1. The highest BCUT2D eigenvalue weighted by Gasteiger charge is 2.17. The number of aromatic nitrogens is 3. The highest BCUT2D eigenvalue weighted by atomic mass is 79.9. The number of hydrogen-bond acceptors (Lipinski definition) is 5. The van der Waals surface area contributed by atoms with Crippen LogP contribution in [0.4, 0.5) is 11.4 Å². The molecule has 22 heavy (non-hydrogen) atoms. The smallest absolute Gasteiger partial charge is 0.292 e. The third-order valence-electron chi connectivity index (χ3n) is 2.86. The molecular formula is C13H8BrN5O3. The maximum absolute atomic E-state index is 12.2. The predicted molar refractivity (Wildman–Crippen MR) is 81.7 cm³/mol. The second-order valence-corrected chi connectivity index (χ2v) is 5.25. The Balaban J connectivity index is 1.92. The summed E-state index contributed by atoms with van der Waals surface area (Å²) in [5.74, 6) is -0.545. The fourth-order valence-electron chi connectivity index (χ4n) is 1.89. The standard InChI is InChI=1S/C13H8BrN5O3/c14-8-6-15-12-5-10(17-18(12)7-8)13(20)16-9-3-1-2-4-11(9)19(21)22/h1-7H,(H,16,20). The van der Waals surface area contributed by atoms with Gasteiger partial charge in [-0.1, -0.05) is 12.1 Å². The summed E-state index contributed by atoms with van der Waals surface area (Å²) in [4.78, 5) is 26.7. The van der Waals surface area contributed by atoms with Crippen LogP contribution in [0.3, 0.4) is 0 Å². The zero-order chi connectivity index (χ0) is 15.7. The van der Waals surface area contributed by atoms with Gasteiger partial charge in [-0.2, -0.15) is 5.10 Å². The van der Waals surface area contributed by atoms with Crippen LogP contribution >= 0.6 is 15.9 Å². The fourth-order valence-corrected chi connectivity index (χ4v) is 2.19. The Morgan fingerprint density at radius 3 is 2.91 bits per heavy atom. The monoisotopic (exact) mass is 361 g/mol. The molecule has 0 saturated carbocycles. The normalized spacial score (nSPS) is 10.6. The number of carbonyl (C=O) groups excluding carboxylic acids is 1. The molecule has 3 aromatic rings. The SMILES string of the molecule is O=C(Nc1ccccc1[N+](=O)[O-])c1cc2ncc(Br)cn2n1. The van der Waals surface area contributed by atoms with Crippen molar-refractivity contribution in [3.8, 4) is 0 Å². The Labute approximate surface area is 132 Å². The summed E-state index contributed by atoms with van der Waals surface area (Å²) in [6, 6.07) is 7.40. The van der Waals surface area contributed by atoms with Crippen LogP contribution in [0.15, 0.2) is 47.2 Å². The van der Waals surface area contributed by atoms with Crippen LogP contribution in [0, 0.1) is 10.1 Å². The van der Waals surface area contributed by atoms with Crippen molar-refractivity contribution in [3.05, 3.63) is 63.0 Å². The highest BCUT2D eigenvalue weighted by Crippen LogP contribution is 2.23. The molecule has 1 N–H and O–H groups in total. The molecule has 0 spiro atoms. The zero-order valence-corrected chi connectivity index (χ0v) is 12.5. The lowest BCUT2D eigenvalue weighted by atomic mass is 10.2. The molecule has 1 aromatic carbocycles. The van der Waals surface area contributed by atoms with E-state index in [0.717, 1.165) is 0 Å². The van der Waals surface area contributed by atoms with Gasteiger partial charge in [0.1, 0.15) is 5.69 Å². The van der Waals surface area contributed by atoms with Crippen molar-refractivity contribution >= 4 is 38.9 Å². The van der Waals surface area contributed by atoms with E-state index in [0.29, 0.717) is 10.1 Å². The van der Waals surface area contributed by atoms with Crippen LogP contribution in [-0.4, -0.2) is 25.4 Å². The Kier molecular flexibility index (Phi) is 3.55. The Morgan fingerprint density at radius 1 is 1.36 bits per heavy atom. The molecule has 8 nitrogen and oxygen atoms in total. The molecule has 0 bridgehead atoms. The van der Waals surface area contributed by atoms with Crippen molar-refractivity contribution in [2.75, 3.05) is 5.32 Å². The van der Waals surface area contributed by atoms with Crippen molar-refractivity contribution in [2.45, 2.75) is 0 Å². The zero-order valence-electron chi connectivity index (χ0n) is 10.9. The van der Waals surface area contributed by atoms with E-state index in [2.05, 4.69) is 31.3 Å². The maximum Gasteiger partial charge on any atom is 0.292 e. The van der Waals surface area contributed by atoms with Gasteiger partial charge >= 0.3 is 0 Å². The van der Waals surface area contributed by atoms with Gasteiger partial charge in [-0.25, -0.2) is 9.50 Å². The second kappa shape index (κ2) is 5.53. The molecule has 0 aliphatic carbocycles. The predicted octanol–water partition coefficient (Wildman–Crippen LogP) is 2.65. The Hall–Kier alpha value is -2.81. The van der Waals surface area contributed by atoms with Crippen molar-refractivity contribution in [1.82, 2.24) is 14.6 Å². The lowest BCUT2D eigenvalue weighted by Crippen LogP contribution is -2.13. The number of nitrogens with one attached hydrogen (secondary N) is 1. The third-order valence-corrected chi connectivity index (χ3v) is 3.27. The Bertz CT molecular complexity index is 892. The number of para-hydroxylation sites is 2. The van der Waals surface area contributed by atoms with Crippen LogP contribution < -0.4 is 5.32 Å². The van der Waals surface area contributed by atoms with Gasteiger partial charge in [0.05, 0.1) is 9.40 Å². The van der Waals surface area contributed by atoms with Gasteiger partial charge in [0, 0.05) is 24.5 Å². The molecule has 0 unspecified atom stereocenters. The van der Waals surface area contributed by atoms with Crippen LogP contribution in [0.5, 0.6) is 0 Å². The summed E-state index contributed by atoms with van der Waals surface area (Å²) in [6.07, 6.45) is 3.24. The number of fused-ring (bicyclic) bond motifs is 1. The second-order valence-electron chi connectivity index (χ2n) is 4.33. The number of nitro benzene ring substituents is 1. The lowest BCUT2D eigenvalue weighted by Gasteiger charge is -2.03. The minimum absolute atomic E-state index is 0.115. The third kappa shape index (κ3) is 2.66. The van der Waals surface area contributed by atoms with Crippen molar-refractivity contribution < 1.29 is 9.72 Å². The molecule has 1 amide bonds. The van der Waals surface area contributed by atoms with Crippen LogP contribution in [-0.2, 0) is 0 Å². The summed E-state index contributed by atoms with van der Waals surface area (Å²) >= 11 is 3.26. The summed E-state index contributed by atoms with van der Waals surface area (Å²) in [6.45, 7) is 0. The lowest BCUT2D eigenvalue weighted by molar-refractivity contribution is -0.383. The van der Waals surface area contributed by atoms with Crippen LogP contribution in [0.2, 0.25) is 0 Å². The minimum atomic E-state index is -0.558. The minimum Gasteiger partial charge on any atom is -0.315 e. The van der Waals surface area contributed by atoms with E-state index < -0.39 is 10.8 Å². The molecule has 0 saturated heterocycles. The fraction of sp³-hybridized carbons (Fsp3) is 0. The van der Waals surface area contributed by atoms with Gasteiger partial charge in [-0.15, -0.1) is 0 Å². The van der Waals surface area contributed by atoms with Gasteiger partial charge in [0.15, 0.2) is 11.3 Å². The van der Waals surface area contributed by atoms with Gasteiger partial charge < -0.3 is 5.32 Å². The molecule has 3 rings (SSSR count). The van der Waals surface area contributed by atoms with Crippen molar-refractivity contribution in [2.24, 2.45) is 0 Å². The molecule has 0 radical (unpaired) electrons. The van der Waals surface area contributed by atoms with Gasteiger partial charge in [-0.3, -0.25) is 14.9 Å². The van der Waals surface area contributed by atoms with E-state index >= 15 is 0 Å². The van der Waals surface area contributed by atoms with E-state index in [1.165, 1.54) is 28.8 Å². The van der Waals surface area contributed by atoms with E-state index in [1.54, 1.807) is 18.5 Å². The molecule has 2 aromatic heterocycles. The topological polar surface area (TPSA) is 102 Å². The first-order valence-electron chi connectivity index (χ1n) is 6.10. The highest BCUT2D eigenvalue weighted by molar-refractivity contribution is 9.10. The van der Waals surface area contributed by atoms with Crippen LogP contribution in [0.1, 0.15) is 10.5 Å². The molecule has 0 fully saturated rings. The summed E-state index contributed by atoms with van der Waals surface area (Å²) in [5, 5.41) is 17.5. The number of nitro groups is 1. The number of halogens is 1. The van der Waals surface area contributed by atoms with Gasteiger partial charge in [-0.05, 0) is 22.0 Å². The van der Waals surface area contributed by atoms with Crippen molar-refractivity contribution in [3.63, 3.8) is 0 Å². The summed E-state index contributed by atoms with van der Waals surface area (Å²) in [7, 11) is 0. The summed E-state index contributed by atoms with van der Waals surface area (Å²) < 4.78 is 2.16. The summed E-state index contributed by atoms with van der Waals surface area (Å²) in [5.41, 5.74) is 0.545. The van der Waals surface area contributed by atoms with Crippen LogP contribution in [0.25, 0.3) is 5.65 Å². The van der Waals surface area contributed by atoms with E-state index in [9.17, 15) is 14.9 Å². The number of rotatable bonds is 3. The van der Waals surface area contributed by atoms with E-state index in [4.69, 9.17) is 0 Å².